The highest BCUT2D eigenvalue weighted by atomic mass is 16.4. The smallest absolute Gasteiger partial charge is 0.339 e. The number of hydrogen-bond acceptors (Lipinski definition) is 4. The lowest BCUT2D eigenvalue weighted by molar-refractivity contribution is 0.0694. The second-order valence-electron chi connectivity index (χ2n) is 4.94. The summed E-state index contributed by atoms with van der Waals surface area (Å²) in [6.07, 6.45) is 4.61. The molecule has 0 aliphatic heterocycles. The Morgan fingerprint density at radius 2 is 1.89 bits per heavy atom. The van der Waals surface area contributed by atoms with Crippen molar-refractivity contribution in [2.75, 3.05) is 0 Å². The zero-order valence-corrected chi connectivity index (χ0v) is 10.5. The Bertz CT molecular complexity index is 570. The molecule has 0 atom stereocenters. The van der Waals surface area contributed by atoms with Crippen molar-refractivity contribution in [3.8, 4) is 5.95 Å². The van der Waals surface area contributed by atoms with E-state index in [1.54, 1.807) is 18.5 Å². The standard InChI is InChI=1S/C12H14N4O2/c1-12(2,3)9-8(10(17)18)7-16(15-9)11-13-5-4-6-14-11/h4-7H,1-3H3,(H,17,18). The van der Waals surface area contributed by atoms with E-state index in [2.05, 4.69) is 15.1 Å². The predicted octanol–water partition coefficient (Wildman–Crippen LogP) is 1.66. The van der Waals surface area contributed by atoms with E-state index in [0.29, 0.717) is 11.6 Å². The van der Waals surface area contributed by atoms with Gasteiger partial charge in [-0.1, -0.05) is 20.8 Å². The average Bonchev–Trinajstić information content (AvgIpc) is 2.74. The van der Waals surface area contributed by atoms with E-state index >= 15 is 0 Å². The molecule has 0 fully saturated rings. The van der Waals surface area contributed by atoms with Crippen LogP contribution in [0.25, 0.3) is 5.95 Å². The molecule has 0 spiro atoms. The van der Waals surface area contributed by atoms with Crippen molar-refractivity contribution in [3.63, 3.8) is 0 Å². The highest BCUT2D eigenvalue weighted by molar-refractivity contribution is 5.89. The summed E-state index contributed by atoms with van der Waals surface area (Å²) in [5.41, 5.74) is 0.339. The van der Waals surface area contributed by atoms with Crippen LogP contribution in [0.2, 0.25) is 0 Å². The summed E-state index contributed by atoms with van der Waals surface area (Å²) in [5, 5.41) is 13.5. The molecule has 0 bridgehead atoms. The Hall–Kier alpha value is -2.24. The van der Waals surface area contributed by atoms with E-state index in [0.717, 1.165) is 0 Å². The largest absolute Gasteiger partial charge is 0.478 e. The third-order valence-corrected chi connectivity index (χ3v) is 2.41. The fourth-order valence-electron chi connectivity index (χ4n) is 1.60. The predicted molar refractivity (Wildman–Crippen MR) is 64.8 cm³/mol. The maximum Gasteiger partial charge on any atom is 0.339 e. The normalized spacial score (nSPS) is 11.5. The van der Waals surface area contributed by atoms with Gasteiger partial charge in [-0.2, -0.15) is 5.10 Å². The number of carboxylic acid groups (broad SMARTS) is 1. The molecular formula is C12H14N4O2. The van der Waals surface area contributed by atoms with Gasteiger partial charge in [-0.25, -0.2) is 19.4 Å². The SMILES string of the molecule is CC(C)(C)c1nn(-c2ncccn2)cc1C(=O)O. The number of hydrogen-bond donors (Lipinski definition) is 1. The molecule has 0 unspecified atom stereocenters. The Balaban J connectivity index is 2.57. The molecule has 0 amide bonds. The third-order valence-electron chi connectivity index (χ3n) is 2.41. The first-order valence-corrected chi connectivity index (χ1v) is 5.50. The van der Waals surface area contributed by atoms with E-state index < -0.39 is 5.97 Å². The first-order chi connectivity index (χ1) is 8.39. The molecule has 2 heterocycles. The molecule has 18 heavy (non-hydrogen) atoms. The molecule has 0 saturated carbocycles. The van der Waals surface area contributed by atoms with Crippen LogP contribution >= 0.6 is 0 Å². The highest BCUT2D eigenvalue weighted by Crippen LogP contribution is 2.24. The van der Waals surface area contributed by atoms with Crippen LogP contribution < -0.4 is 0 Å². The molecule has 2 aromatic rings. The van der Waals surface area contributed by atoms with Crippen LogP contribution in [0.3, 0.4) is 0 Å². The van der Waals surface area contributed by atoms with Crippen LogP contribution in [-0.4, -0.2) is 30.8 Å². The number of carboxylic acids is 1. The van der Waals surface area contributed by atoms with Crippen molar-refractivity contribution in [1.82, 2.24) is 19.7 Å². The van der Waals surface area contributed by atoms with Gasteiger partial charge in [0, 0.05) is 24.0 Å². The quantitative estimate of drug-likeness (QED) is 0.871. The Labute approximate surface area is 104 Å². The number of carbonyl (C=O) groups is 1. The summed E-state index contributed by atoms with van der Waals surface area (Å²) in [6, 6.07) is 1.69. The van der Waals surface area contributed by atoms with E-state index in [4.69, 9.17) is 0 Å². The van der Waals surface area contributed by atoms with Crippen LogP contribution in [0.5, 0.6) is 0 Å². The van der Waals surface area contributed by atoms with Crippen molar-refractivity contribution < 1.29 is 9.90 Å². The zero-order chi connectivity index (χ0) is 13.3. The van der Waals surface area contributed by atoms with E-state index in [-0.39, 0.29) is 11.0 Å². The molecule has 0 aromatic carbocycles. The molecule has 1 N–H and O–H groups in total. The molecule has 0 radical (unpaired) electrons. The summed E-state index contributed by atoms with van der Waals surface area (Å²) in [6.45, 7) is 5.74. The minimum absolute atomic E-state index is 0.176. The van der Waals surface area contributed by atoms with E-state index in [1.165, 1.54) is 10.9 Å². The van der Waals surface area contributed by atoms with Gasteiger partial charge in [0.15, 0.2) is 0 Å². The summed E-state index contributed by atoms with van der Waals surface area (Å²) in [7, 11) is 0. The van der Waals surface area contributed by atoms with Gasteiger partial charge < -0.3 is 5.11 Å². The van der Waals surface area contributed by atoms with Crippen LogP contribution in [-0.2, 0) is 5.41 Å². The molecular weight excluding hydrogens is 232 g/mol. The molecule has 6 nitrogen and oxygen atoms in total. The average molecular weight is 246 g/mol. The first-order valence-electron chi connectivity index (χ1n) is 5.50. The molecule has 94 valence electrons. The summed E-state index contributed by atoms with van der Waals surface area (Å²) >= 11 is 0. The number of aromatic carboxylic acids is 1. The van der Waals surface area contributed by atoms with Crippen molar-refractivity contribution in [2.45, 2.75) is 26.2 Å². The number of rotatable bonds is 2. The second kappa shape index (κ2) is 4.21. The van der Waals surface area contributed by atoms with Gasteiger partial charge in [-0.05, 0) is 6.07 Å². The van der Waals surface area contributed by atoms with Gasteiger partial charge in [-0.15, -0.1) is 0 Å². The maximum atomic E-state index is 11.2. The molecule has 2 aromatic heterocycles. The monoisotopic (exact) mass is 246 g/mol. The highest BCUT2D eigenvalue weighted by Gasteiger charge is 2.26. The fraction of sp³-hybridized carbons (Fsp3) is 0.333. The maximum absolute atomic E-state index is 11.2. The van der Waals surface area contributed by atoms with Gasteiger partial charge >= 0.3 is 5.97 Å². The van der Waals surface area contributed by atoms with Crippen molar-refractivity contribution >= 4 is 5.97 Å². The van der Waals surface area contributed by atoms with Crippen LogP contribution in [0.1, 0.15) is 36.8 Å². The fourth-order valence-corrected chi connectivity index (χ4v) is 1.60. The van der Waals surface area contributed by atoms with Gasteiger partial charge in [-0.3, -0.25) is 0 Å². The second-order valence-corrected chi connectivity index (χ2v) is 4.94. The summed E-state index contributed by atoms with van der Waals surface area (Å²) in [4.78, 5) is 19.3. The van der Waals surface area contributed by atoms with Crippen molar-refractivity contribution in [2.24, 2.45) is 0 Å². The molecule has 2 rings (SSSR count). The van der Waals surface area contributed by atoms with Gasteiger partial charge in [0.1, 0.15) is 5.56 Å². The first kappa shape index (κ1) is 12.2. The topological polar surface area (TPSA) is 80.9 Å². The molecule has 0 aliphatic carbocycles. The zero-order valence-electron chi connectivity index (χ0n) is 10.5. The lowest BCUT2D eigenvalue weighted by atomic mass is 9.90. The minimum Gasteiger partial charge on any atom is -0.478 e. The van der Waals surface area contributed by atoms with Gasteiger partial charge in [0.2, 0.25) is 5.95 Å². The minimum atomic E-state index is -0.998. The number of nitrogens with zero attached hydrogens (tertiary/aromatic N) is 4. The van der Waals surface area contributed by atoms with Crippen molar-refractivity contribution in [3.05, 3.63) is 35.9 Å². The summed E-state index contributed by atoms with van der Waals surface area (Å²) < 4.78 is 1.39. The Kier molecular flexibility index (Phi) is 2.86. The Morgan fingerprint density at radius 3 is 2.33 bits per heavy atom. The lowest BCUT2D eigenvalue weighted by Crippen LogP contribution is -2.16. The van der Waals surface area contributed by atoms with Crippen LogP contribution in [0.15, 0.2) is 24.7 Å². The number of aromatic nitrogens is 4. The van der Waals surface area contributed by atoms with E-state index in [1.807, 2.05) is 20.8 Å². The van der Waals surface area contributed by atoms with Crippen molar-refractivity contribution in [1.29, 1.82) is 0 Å². The summed E-state index contributed by atoms with van der Waals surface area (Å²) in [5.74, 6) is -0.641. The molecule has 0 saturated heterocycles. The Morgan fingerprint density at radius 1 is 1.28 bits per heavy atom. The van der Waals surface area contributed by atoms with Gasteiger partial charge in [0.25, 0.3) is 0 Å². The third kappa shape index (κ3) is 2.22. The van der Waals surface area contributed by atoms with Gasteiger partial charge in [0.05, 0.1) is 5.69 Å². The molecule has 6 heteroatoms. The van der Waals surface area contributed by atoms with E-state index in [9.17, 15) is 9.90 Å². The van der Waals surface area contributed by atoms with Crippen LogP contribution in [0, 0.1) is 0 Å². The molecule has 0 aliphatic rings. The van der Waals surface area contributed by atoms with Crippen LogP contribution in [0.4, 0.5) is 0 Å². The lowest BCUT2D eigenvalue weighted by Gasteiger charge is -2.15.